The van der Waals surface area contributed by atoms with Crippen molar-refractivity contribution in [3.05, 3.63) is 22.4 Å². The Balaban J connectivity index is 1.65. The summed E-state index contributed by atoms with van der Waals surface area (Å²) in [6.07, 6.45) is 11.3. The molecule has 0 saturated heterocycles. The van der Waals surface area contributed by atoms with Crippen LogP contribution < -0.4 is 5.32 Å². The number of hydrogen-bond donors (Lipinski definition) is 1. The van der Waals surface area contributed by atoms with Crippen LogP contribution in [-0.2, 0) is 0 Å². The Bertz CT molecular complexity index is 359. The molecule has 1 unspecified atom stereocenters. The average molecular weight is 277 g/mol. The third kappa shape index (κ3) is 3.41. The average Bonchev–Trinajstić information content (AvgIpc) is 3.11. The van der Waals surface area contributed by atoms with Crippen LogP contribution in [0.3, 0.4) is 0 Å². The largest absolute Gasteiger partial charge is 0.306 e. The van der Waals surface area contributed by atoms with Gasteiger partial charge in [0.25, 0.3) is 0 Å². The van der Waals surface area contributed by atoms with E-state index in [1.54, 1.807) is 4.88 Å². The molecule has 1 aromatic rings. The molecule has 2 aliphatic carbocycles. The van der Waals surface area contributed by atoms with Crippen molar-refractivity contribution in [2.75, 3.05) is 0 Å². The van der Waals surface area contributed by atoms with Crippen LogP contribution in [-0.4, -0.2) is 6.04 Å². The summed E-state index contributed by atoms with van der Waals surface area (Å²) in [7, 11) is 0. The smallest absolute Gasteiger partial charge is 0.0445 e. The third-order valence-corrected chi connectivity index (χ3v) is 6.11. The van der Waals surface area contributed by atoms with Crippen molar-refractivity contribution in [3.63, 3.8) is 0 Å². The molecule has 1 aromatic heterocycles. The monoisotopic (exact) mass is 277 g/mol. The van der Waals surface area contributed by atoms with Crippen molar-refractivity contribution in [3.8, 4) is 0 Å². The van der Waals surface area contributed by atoms with Gasteiger partial charge in [-0.05, 0) is 61.8 Å². The van der Waals surface area contributed by atoms with Crippen molar-refractivity contribution >= 4 is 11.3 Å². The van der Waals surface area contributed by atoms with Gasteiger partial charge in [0, 0.05) is 17.0 Å². The van der Waals surface area contributed by atoms with Gasteiger partial charge in [-0.2, -0.15) is 0 Å². The van der Waals surface area contributed by atoms with Crippen molar-refractivity contribution in [1.29, 1.82) is 0 Å². The van der Waals surface area contributed by atoms with E-state index in [0.717, 1.165) is 17.9 Å². The summed E-state index contributed by atoms with van der Waals surface area (Å²) in [5, 5.41) is 6.27. The van der Waals surface area contributed by atoms with Crippen molar-refractivity contribution in [2.24, 2.45) is 11.8 Å². The Hall–Kier alpha value is -0.340. The van der Waals surface area contributed by atoms with Gasteiger partial charge in [0.1, 0.15) is 0 Å². The Kier molecular flexibility index (Phi) is 4.60. The van der Waals surface area contributed by atoms with E-state index in [2.05, 4.69) is 29.8 Å². The van der Waals surface area contributed by atoms with E-state index in [4.69, 9.17) is 0 Å². The fraction of sp³-hybridized carbons (Fsp3) is 0.765. The van der Waals surface area contributed by atoms with Crippen molar-refractivity contribution < 1.29 is 0 Å². The summed E-state index contributed by atoms with van der Waals surface area (Å²) in [6, 6.07) is 5.96. The van der Waals surface area contributed by atoms with Crippen LogP contribution in [0.1, 0.15) is 69.2 Å². The molecule has 0 radical (unpaired) electrons. The molecule has 1 N–H and O–H groups in total. The molecule has 106 valence electrons. The Morgan fingerprint density at radius 2 is 1.84 bits per heavy atom. The fourth-order valence-electron chi connectivity index (χ4n) is 3.89. The molecule has 19 heavy (non-hydrogen) atoms. The minimum atomic E-state index is 0.640. The molecule has 0 spiro atoms. The number of nitrogens with one attached hydrogen (secondary N) is 1. The first-order valence-electron chi connectivity index (χ1n) is 8.12. The van der Waals surface area contributed by atoms with E-state index in [-0.39, 0.29) is 0 Å². The first-order valence-corrected chi connectivity index (χ1v) is 9.00. The molecule has 2 saturated carbocycles. The Morgan fingerprint density at radius 1 is 1.11 bits per heavy atom. The molecular weight excluding hydrogens is 250 g/mol. The van der Waals surface area contributed by atoms with Gasteiger partial charge in [-0.15, -0.1) is 11.3 Å². The molecule has 3 rings (SSSR count). The molecule has 1 heterocycles. The number of hydrogen-bond acceptors (Lipinski definition) is 2. The van der Waals surface area contributed by atoms with Gasteiger partial charge in [0.05, 0.1) is 0 Å². The summed E-state index contributed by atoms with van der Waals surface area (Å²) >= 11 is 1.94. The lowest BCUT2D eigenvalue weighted by molar-refractivity contribution is 0.256. The normalized spacial score (nSPS) is 30.6. The molecule has 0 aliphatic heterocycles. The lowest BCUT2D eigenvalue weighted by atomic mass is 9.86. The van der Waals surface area contributed by atoms with Crippen LogP contribution in [0, 0.1) is 11.8 Å². The van der Waals surface area contributed by atoms with Crippen molar-refractivity contribution in [1.82, 2.24) is 5.32 Å². The highest BCUT2D eigenvalue weighted by Gasteiger charge is 2.29. The zero-order valence-electron chi connectivity index (χ0n) is 12.1. The predicted octanol–water partition coefficient (Wildman–Crippen LogP) is 5.15. The second-order valence-electron chi connectivity index (χ2n) is 6.66. The molecule has 2 aliphatic rings. The van der Waals surface area contributed by atoms with E-state index in [1.165, 1.54) is 51.4 Å². The lowest BCUT2D eigenvalue weighted by Crippen LogP contribution is -2.38. The van der Waals surface area contributed by atoms with Gasteiger partial charge >= 0.3 is 0 Å². The molecule has 0 bridgehead atoms. The van der Waals surface area contributed by atoms with Gasteiger partial charge < -0.3 is 5.32 Å². The van der Waals surface area contributed by atoms with Gasteiger partial charge in [-0.3, -0.25) is 0 Å². The molecule has 0 amide bonds. The van der Waals surface area contributed by atoms with Crippen LogP contribution in [0.25, 0.3) is 0 Å². The minimum Gasteiger partial charge on any atom is -0.306 e. The molecule has 2 heteroatoms. The standard InChI is InChI=1S/C17H27NS/c1-13-8-10-15(11-9-13)18-17(14-5-2-3-6-14)16-7-4-12-19-16/h4,7,12-15,17-18H,2-3,5-6,8-11H2,1H3. The summed E-state index contributed by atoms with van der Waals surface area (Å²) in [4.78, 5) is 1.57. The lowest BCUT2D eigenvalue weighted by Gasteiger charge is -2.33. The van der Waals surface area contributed by atoms with Crippen LogP contribution >= 0.6 is 11.3 Å². The Morgan fingerprint density at radius 3 is 2.47 bits per heavy atom. The maximum atomic E-state index is 4.03. The van der Waals surface area contributed by atoms with Crippen molar-refractivity contribution in [2.45, 2.75) is 70.4 Å². The van der Waals surface area contributed by atoms with Gasteiger partial charge in [0.2, 0.25) is 0 Å². The van der Waals surface area contributed by atoms with Crippen LogP contribution in [0.4, 0.5) is 0 Å². The van der Waals surface area contributed by atoms with Gasteiger partial charge in [-0.1, -0.05) is 25.8 Å². The highest BCUT2D eigenvalue weighted by molar-refractivity contribution is 7.10. The molecule has 1 atom stereocenters. The van der Waals surface area contributed by atoms with E-state index in [0.29, 0.717) is 6.04 Å². The zero-order valence-corrected chi connectivity index (χ0v) is 12.9. The second-order valence-corrected chi connectivity index (χ2v) is 7.64. The third-order valence-electron chi connectivity index (χ3n) is 5.15. The molecular formula is C17H27NS. The highest BCUT2D eigenvalue weighted by atomic mass is 32.1. The van der Waals surface area contributed by atoms with Crippen LogP contribution in [0.2, 0.25) is 0 Å². The molecule has 2 fully saturated rings. The SMILES string of the molecule is CC1CCC(NC(c2cccs2)C2CCCC2)CC1. The molecule has 0 aromatic carbocycles. The second kappa shape index (κ2) is 6.41. The Labute approximate surface area is 121 Å². The minimum absolute atomic E-state index is 0.640. The highest BCUT2D eigenvalue weighted by Crippen LogP contribution is 2.38. The topological polar surface area (TPSA) is 12.0 Å². The number of thiophene rings is 1. The summed E-state index contributed by atoms with van der Waals surface area (Å²) < 4.78 is 0. The van der Waals surface area contributed by atoms with Gasteiger partial charge in [-0.25, -0.2) is 0 Å². The van der Waals surface area contributed by atoms with Crippen LogP contribution in [0.15, 0.2) is 17.5 Å². The number of rotatable bonds is 4. The first-order chi connectivity index (χ1) is 9.33. The first kappa shape index (κ1) is 13.6. The van der Waals surface area contributed by atoms with Gasteiger partial charge in [0.15, 0.2) is 0 Å². The quantitative estimate of drug-likeness (QED) is 0.802. The fourth-order valence-corrected chi connectivity index (χ4v) is 4.77. The van der Waals surface area contributed by atoms with E-state index >= 15 is 0 Å². The summed E-state index contributed by atoms with van der Waals surface area (Å²) in [5.41, 5.74) is 0. The maximum Gasteiger partial charge on any atom is 0.0445 e. The van der Waals surface area contributed by atoms with E-state index < -0.39 is 0 Å². The van der Waals surface area contributed by atoms with Crippen LogP contribution in [0.5, 0.6) is 0 Å². The predicted molar refractivity (Wildman–Crippen MR) is 83.6 cm³/mol. The zero-order chi connectivity index (χ0) is 13.1. The summed E-state index contributed by atoms with van der Waals surface area (Å²) in [6.45, 7) is 2.41. The van der Waals surface area contributed by atoms with E-state index in [9.17, 15) is 0 Å². The maximum absolute atomic E-state index is 4.03. The summed E-state index contributed by atoms with van der Waals surface area (Å²) in [5.74, 6) is 1.84. The van der Waals surface area contributed by atoms with E-state index in [1.807, 2.05) is 11.3 Å². The molecule has 1 nitrogen and oxygen atoms in total.